The van der Waals surface area contributed by atoms with E-state index in [9.17, 15) is 22.4 Å². The Morgan fingerprint density at radius 1 is 0.906 bits per heavy atom. The van der Waals surface area contributed by atoms with Gasteiger partial charge in [0.1, 0.15) is 5.82 Å². The van der Waals surface area contributed by atoms with Gasteiger partial charge in [0, 0.05) is 43.9 Å². The fourth-order valence-corrected chi connectivity index (χ4v) is 5.30. The molecule has 2 aliphatic heterocycles. The first kappa shape index (κ1) is 22.3. The third-order valence-electron chi connectivity index (χ3n) is 5.92. The number of piperidine rings is 1. The maximum Gasteiger partial charge on any atom is 0.261 e. The normalized spacial score (nSPS) is 16.0. The standard InChI is InChI=1S/C23H26FN3O4S/c24-18-4-6-19(7-5-18)25-32(30,31)20-8-9-21-17(16-20)12-15-27(21)23(29)11-10-22(28)26-13-2-1-3-14-26/h4-9,16,25H,1-3,10-15H2. The van der Waals surface area contributed by atoms with Gasteiger partial charge in [-0.05, 0) is 73.7 Å². The quantitative estimate of drug-likeness (QED) is 0.718. The molecular formula is C23H26FN3O4S. The van der Waals surface area contributed by atoms with Crippen LogP contribution in [0.1, 0.15) is 37.7 Å². The highest BCUT2D eigenvalue weighted by molar-refractivity contribution is 7.92. The monoisotopic (exact) mass is 459 g/mol. The molecule has 9 heteroatoms. The molecule has 0 saturated carbocycles. The van der Waals surface area contributed by atoms with Crippen molar-refractivity contribution in [3.8, 4) is 0 Å². The molecule has 4 rings (SSSR count). The number of nitrogens with one attached hydrogen (secondary N) is 1. The second kappa shape index (κ2) is 9.28. The van der Waals surface area contributed by atoms with Gasteiger partial charge in [-0.3, -0.25) is 14.3 Å². The molecule has 2 aromatic carbocycles. The predicted octanol–water partition coefficient (Wildman–Crippen LogP) is 3.31. The van der Waals surface area contributed by atoms with Crippen molar-refractivity contribution in [1.29, 1.82) is 0 Å². The van der Waals surface area contributed by atoms with Crippen molar-refractivity contribution >= 4 is 33.2 Å². The number of fused-ring (bicyclic) bond motifs is 1. The molecule has 2 heterocycles. The van der Waals surface area contributed by atoms with Crippen LogP contribution in [0.5, 0.6) is 0 Å². The molecule has 32 heavy (non-hydrogen) atoms. The number of hydrogen-bond acceptors (Lipinski definition) is 4. The molecule has 0 spiro atoms. The van der Waals surface area contributed by atoms with Crippen LogP contribution >= 0.6 is 0 Å². The first-order valence-electron chi connectivity index (χ1n) is 10.8. The zero-order valence-corrected chi connectivity index (χ0v) is 18.5. The van der Waals surface area contributed by atoms with Crippen molar-refractivity contribution in [3.63, 3.8) is 0 Å². The topological polar surface area (TPSA) is 86.8 Å². The van der Waals surface area contributed by atoms with Gasteiger partial charge in [0.25, 0.3) is 10.0 Å². The number of anilines is 2. The molecule has 7 nitrogen and oxygen atoms in total. The van der Waals surface area contributed by atoms with E-state index in [1.54, 1.807) is 17.0 Å². The van der Waals surface area contributed by atoms with E-state index in [0.717, 1.165) is 37.9 Å². The van der Waals surface area contributed by atoms with Crippen molar-refractivity contribution < 1.29 is 22.4 Å². The zero-order chi connectivity index (χ0) is 22.7. The van der Waals surface area contributed by atoms with Crippen LogP contribution in [0.2, 0.25) is 0 Å². The number of nitrogens with zero attached hydrogens (tertiary/aromatic N) is 2. The number of benzene rings is 2. The fourth-order valence-electron chi connectivity index (χ4n) is 4.19. The minimum atomic E-state index is -3.85. The lowest BCUT2D eigenvalue weighted by Crippen LogP contribution is -2.37. The Morgan fingerprint density at radius 3 is 2.31 bits per heavy atom. The molecule has 0 bridgehead atoms. The lowest BCUT2D eigenvalue weighted by Gasteiger charge is -2.27. The van der Waals surface area contributed by atoms with Gasteiger partial charge in [-0.25, -0.2) is 12.8 Å². The number of amides is 2. The van der Waals surface area contributed by atoms with Gasteiger partial charge in [-0.15, -0.1) is 0 Å². The summed E-state index contributed by atoms with van der Waals surface area (Å²) in [6, 6.07) is 9.71. The minimum Gasteiger partial charge on any atom is -0.343 e. The van der Waals surface area contributed by atoms with Gasteiger partial charge in [0.2, 0.25) is 11.8 Å². The summed E-state index contributed by atoms with van der Waals surface area (Å²) < 4.78 is 40.9. The molecule has 170 valence electrons. The number of rotatable bonds is 6. The van der Waals surface area contributed by atoms with Crippen molar-refractivity contribution in [2.75, 3.05) is 29.3 Å². The highest BCUT2D eigenvalue weighted by Crippen LogP contribution is 2.31. The summed E-state index contributed by atoms with van der Waals surface area (Å²) in [5.74, 6) is -0.562. The third kappa shape index (κ3) is 4.93. The van der Waals surface area contributed by atoms with E-state index in [1.165, 1.54) is 30.3 Å². The number of carbonyl (C=O) groups excluding carboxylic acids is 2. The van der Waals surface area contributed by atoms with Crippen molar-refractivity contribution in [2.45, 2.75) is 43.4 Å². The average Bonchev–Trinajstić information content (AvgIpc) is 3.23. The molecule has 1 N–H and O–H groups in total. The number of halogens is 1. The summed E-state index contributed by atoms with van der Waals surface area (Å²) in [5, 5.41) is 0. The molecule has 0 aromatic heterocycles. The number of likely N-dealkylation sites (tertiary alicyclic amines) is 1. The Labute approximate surface area is 187 Å². The Kier molecular flexibility index (Phi) is 6.45. The molecule has 0 aliphatic carbocycles. The van der Waals surface area contributed by atoms with Crippen LogP contribution in [0.25, 0.3) is 0 Å². The SMILES string of the molecule is O=C(CCC(=O)N1CCc2cc(S(=O)(=O)Nc3ccc(F)cc3)ccc21)N1CCCCC1. The molecule has 1 saturated heterocycles. The summed E-state index contributed by atoms with van der Waals surface area (Å²) in [6.45, 7) is 1.99. The summed E-state index contributed by atoms with van der Waals surface area (Å²) in [7, 11) is -3.85. The summed E-state index contributed by atoms with van der Waals surface area (Å²) >= 11 is 0. The van der Waals surface area contributed by atoms with E-state index in [0.29, 0.717) is 18.7 Å². The predicted molar refractivity (Wildman–Crippen MR) is 119 cm³/mol. The smallest absolute Gasteiger partial charge is 0.261 e. The van der Waals surface area contributed by atoms with E-state index < -0.39 is 15.8 Å². The van der Waals surface area contributed by atoms with Gasteiger partial charge < -0.3 is 9.80 Å². The summed E-state index contributed by atoms with van der Waals surface area (Å²) in [5.41, 5.74) is 1.71. The Morgan fingerprint density at radius 2 is 1.59 bits per heavy atom. The minimum absolute atomic E-state index is 0.0192. The van der Waals surface area contributed by atoms with Crippen LogP contribution in [0.3, 0.4) is 0 Å². The van der Waals surface area contributed by atoms with E-state index in [-0.39, 0.29) is 35.2 Å². The summed E-state index contributed by atoms with van der Waals surface area (Å²) in [6.07, 6.45) is 4.05. The van der Waals surface area contributed by atoms with Gasteiger partial charge >= 0.3 is 0 Å². The second-order valence-corrected chi connectivity index (χ2v) is 9.82. The summed E-state index contributed by atoms with van der Waals surface area (Å²) in [4.78, 5) is 28.6. The molecule has 1 fully saturated rings. The first-order valence-corrected chi connectivity index (χ1v) is 12.3. The van der Waals surface area contributed by atoms with Gasteiger partial charge in [-0.1, -0.05) is 0 Å². The molecule has 0 radical (unpaired) electrons. The van der Waals surface area contributed by atoms with Gasteiger partial charge in [0.15, 0.2) is 0 Å². The van der Waals surface area contributed by atoms with Crippen LogP contribution < -0.4 is 9.62 Å². The van der Waals surface area contributed by atoms with Crippen LogP contribution in [0, 0.1) is 5.82 Å². The Hall–Kier alpha value is -2.94. The molecule has 2 amide bonds. The molecular weight excluding hydrogens is 433 g/mol. The van der Waals surface area contributed by atoms with Crippen molar-refractivity contribution in [3.05, 3.63) is 53.8 Å². The van der Waals surface area contributed by atoms with Crippen LogP contribution in [-0.4, -0.2) is 44.8 Å². The van der Waals surface area contributed by atoms with Gasteiger partial charge in [-0.2, -0.15) is 0 Å². The average molecular weight is 460 g/mol. The van der Waals surface area contributed by atoms with E-state index in [2.05, 4.69) is 4.72 Å². The number of hydrogen-bond donors (Lipinski definition) is 1. The first-order chi connectivity index (χ1) is 15.3. The third-order valence-corrected chi connectivity index (χ3v) is 7.29. The Bertz CT molecular complexity index is 1110. The maximum absolute atomic E-state index is 13.1. The van der Waals surface area contributed by atoms with Crippen LogP contribution in [0.15, 0.2) is 47.4 Å². The molecule has 2 aromatic rings. The van der Waals surface area contributed by atoms with E-state index >= 15 is 0 Å². The number of sulfonamides is 1. The van der Waals surface area contributed by atoms with Gasteiger partial charge in [0.05, 0.1) is 4.90 Å². The maximum atomic E-state index is 13.1. The highest BCUT2D eigenvalue weighted by Gasteiger charge is 2.27. The zero-order valence-electron chi connectivity index (χ0n) is 17.7. The van der Waals surface area contributed by atoms with E-state index in [4.69, 9.17) is 0 Å². The van der Waals surface area contributed by atoms with Crippen molar-refractivity contribution in [2.24, 2.45) is 0 Å². The molecule has 0 atom stereocenters. The number of carbonyl (C=O) groups is 2. The lowest BCUT2D eigenvalue weighted by molar-refractivity contribution is -0.133. The van der Waals surface area contributed by atoms with Crippen LogP contribution in [-0.2, 0) is 26.0 Å². The van der Waals surface area contributed by atoms with E-state index in [1.807, 2.05) is 4.90 Å². The molecule has 0 unspecified atom stereocenters. The Balaban J connectivity index is 1.41. The fraction of sp³-hybridized carbons (Fsp3) is 0.391. The molecule has 2 aliphatic rings. The van der Waals surface area contributed by atoms with Crippen LogP contribution in [0.4, 0.5) is 15.8 Å². The highest BCUT2D eigenvalue weighted by atomic mass is 32.2. The largest absolute Gasteiger partial charge is 0.343 e. The lowest BCUT2D eigenvalue weighted by atomic mass is 10.1. The second-order valence-electron chi connectivity index (χ2n) is 8.14. The van der Waals surface area contributed by atoms with Crippen molar-refractivity contribution in [1.82, 2.24) is 4.90 Å².